The molecule has 0 radical (unpaired) electrons. The molecule has 1 atom stereocenters. The molecule has 0 spiro atoms. The summed E-state index contributed by atoms with van der Waals surface area (Å²) in [6, 6.07) is 6.56. The second-order valence-electron chi connectivity index (χ2n) is 4.84. The predicted octanol–water partition coefficient (Wildman–Crippen LogP) is 6.29. The van der Waals surface area contributed by atoms with Crippen molar-refractivity contribution >= 4 is 57.6 Å². The van der Waals surface area contributed by atoms with Gasteiger partial charge in [-0.1, -0.05) is 39.7 Å². The Balaban J connectivity index is 2.56. The summed E-state index contributed by atoms with van der Waals surface area (Å²) in [4.78, 5) is 0. The van der Waals surface area contributed by atoms with E-state index in [0.717, 1.165) is 6.42 Å². The summed E-state index contributed by atoms with van der Waals surface area (Å²) in [5.74, 6) is 0. The molecule has 2 rings (SSSR count). The molecule has 0 aliphatic heterocycles. The Bertz CT molecular complexity index is 606. The largest absolute Gasteiger partial charge is 0.508 e. The SMILES string of the molecule is CCO[Si](OCC)(OCC)C(CC)c1cccc2ssssc12. The molecule has 0 bridgehead atoms. The molecule has 0 saturated carbocycles. The first-order valence-corrected chi connectivity index (χ1v) is 14.6. The molecular weight excluding hydrogens is 385 g/mol. The van der Waals surface area contributed by atoms with Gasteiger partial charge in [-0.05, 0) is 57.5 Å². The smallest absolute Gasteiger partial charge is 0.373 e. The van der Waals surface area contributed by atoms with E-state index < -0.39 is 8.80 Å². The van der Waals surface area contributed by atoms with E-state index in [4.69, 9.17) is 13.3 Å². The molecule has 0 N–H and O–H groups in total. The first-order chi connectivity index (χ1) is 11.2. The Morgan fingerprint density at radius 1 is 0.913 bits per heavy atom. The van der Waals surface area contributed by atoms with Crippen molar-refractivity contribution < 1.29 is 13.3 Å². The van der Waals surface area contributed by atoms with E-state index in [-0.39, 0.29) is 5.54 Å². The molecule has 0 aliphatic rings. The number of fused-ring (bicyclic) bond motifs is 1. The minimum atomic E-state index is -2.76. The highest BCUT2D eigenvalue weighted by molar-refractivity contribution is 8.09. The fraction of sp³-hybridized carbons (Fsp3) is 0.600. The van der Waals surface area contributed by atoms with Gasteiger partial charge in [-0.2, -0.15) is 0 Å². The first-order valence-electron chi connectivity index (χ1n) is 7.94. The van der Waals surface area contributed by atoms with E-state index in [0.29, 0.717) is 19.8 Å². The van der Waals surface area contributed by atoms with Crippen molar-refractivity contribution in [3.63, 3.8) is 0 Å². The van der Waals surface area contributed by atoms with Gasteiger partial charge in [-0.15, -0.1) is 0 Å². The van der Waals surface area contributed by atoms with Crippen LogP contribution in [0.2, 0.25) is 0 Å². The van der Waals surface area contributed by atoms with E-state index >= 15 is 0 Å². The minimum absolute atomic E-state index is 0.175. The van der Waals surface area contributed by atoms with Crippen molar-refractivity contribution in [2.75, 3.05) is 19.8 Å². The lowest BCUT2D eigenvalue weighted by Gasteiger charge is -2.35. The van der Waals surface area contributed by atoms with Crippen LogP contribution in [-0.2, 0) is 13.3 Å². The maximum absolute atomic E-state index is 6.18. The van der Waals surface area contributed by atoms with E-state index in [1.54, 1.807) is 0 Å². The molecule has 8 heteroatoms. The van der Waals surface area contributed by atoms with Crippen LogP contribution in [0.25, 0.3) is 9.40 Å². The zero-order chi connectivity index (χ0) is 16.7. The van der Waals surface area contributed by atoms with E-state index in [1.807, 2.05) is 60.1 Å². The van der Waals surface area contributed by atoms with Crippen molar-refractivity contribution in [3.05, 3.63) is 23.8 Å². The van der Waals surface area contributed by atoms with Gasteiger partial charge < -0.3 is 13.3 Å². The van der Waals surface area contributed by atoms with Crippen LogP contribution in [0.3, 0.4) is 0 Å². The van der Waals surface area contributed by atoms with Crippen LogP contribution in [0, 0.1) is 0 Å². The summed E-state index contributed by atoms with van der Waals surface area (Å²) in [6.45, 7) is 10.1. The standard InChI is InChI=1S/C15H24O3S4Si/c1-5-14(23(16-6-2,17-7-3)18-8-4)12-10-9-11-13-15(12)20-22-21-19-13/h9-11,14H,5-8H2,1-4H3. The van der Waals surface area contributed by atoms with E-state index in [1.165, 1.54) is 15.0 Å². The number of rotatable bonds is 9. The van der Waals surface area contributed by atoms with Gasteiger partial charge in [0.2, 0.25) is 0 Å². The highest BCUT2D eigenvalue weighted by atomic mass is 33.4. The molecule has 0 fully saturated rings. The minimum Gasteiger partial charge on any atom is -0.373 e. The van der Waals surface area contributed by atoms with Crippen molar-refractivity contribution in [1.29, 1.82) is 0 Å². The zero-order valence-electron chi connectivity index (χ0n) is 14.0. The predicted molar refractivity (Wildman–Crippen MR) is 107 cm³/mol. The quantitative estimate of drug-likeness (QED) is 0.360. The number of benzene rings is 1. The Morgan fingerprint density at radius 2 is 1.52 bits per heavy atom. The molecule has 130 valence electrons. The molecule has 0 aliphatic carbocycles. The topological polar surface area (TPSA) is 27.7 Å². The van der Waals surface area contributed by atoms with Crippen molar-refractivity contribution in [3.8, 4) is 0 Å². The summed E-state index contributed by atoms with van der Waals surface area (Å²) < 4.78 is 21.2. The van der Waals surface area contributed by atoms with Crippen LogP contribution in [0.15, 0.2) is 18.2 Å². The van der Waals surface area contributed by atoms with Crippen LogP contribution in [0.4, 0.5) is 0 Å². The lowest BCUT2D eigenvalue weighted by atomic mass is 10.1. The Kier molecular flexibility index (Phi) is 8.17. The average molecular weight is 409 g/mol. The normalized spacial score (nSPS) is 13.4. The molecule has 0 amide bonds. The van der Waals surface area contributed by atoms with Crippen molar-refractivity contribution in [1.82, 2.24) is 0 Å². The molecular formula is C15H24O3S4Si. The van der Waals surface area contributed by atoms with Gasteiger partial charge in [-0.3, -0.25) is 0 Å². The van der Waals surface area contributed by atoms with E-state index in [2.05, 4.69) is 25.1 Å². The summed E-state index contributed by atoms with van der Waals surface area (Å²) in [6.07, 6.45) is 0.950. The Labute approximate surface area is 153 Å². The second-order valence-corrected chi connectivity index (χ2v) is 13.3. The van der Waals surface area contributed by atoms with Crippen LogP contribution in [-0.4, -0.2) is 28.6 Å². The van der Waals surface area contributed by atoms with Crippen molar-refractivity contribution in [2.24, 2.45) is 0 Å². The van der Waals surface area contributed by atoms with Crippen LogP contribution >= 0.6 is 39.4 Å². The molecule has 3 nitrogen and oxygen atoms in total. The van der Waals surface area contributed by atoms with E-state index in [9.17, 15) is 0 Å². The third kappa shape index (κ3) is 4.43. The summed E-state index contributed by atoms with van der Waals surface area (Å²) in [5, 5.41) is 0. The maximum Gasteiger partial charge on any atom is 0.508 e. The van der Waals surface area contributed by atoms with Gasteiger partial charge in [-0.25, -0.2) is 0 Å². The van der Waals surface area contributed by atoms with Crippen LogP contribution in [0.1, 0.15) is 45.2 Å². The fourth-order valence-electron chi connectivity index (χ4n) is 2.75. The molecule has 1 aromatic carbocycles. The summed E-state index contributed by atoms with van der Waals surface area (Å²) in [5.41, 5.74) is 1.49. The Hall–Kier alpha value is 0.197. The summed E-state index contributed by atoms with van der Waals surface area (Å²) in [7, 11) is 4.55. The van der Waals surface area contributed by atoms with Crippen molar-refractivity contribution in [2.45, 2.75) is 39.7 Å². The van der Waals surface area contributed by atoms with Gasteiger partial charge in [0.25, 0.3) is 0 Å². The van der Waals surface area contributed by atoms with Crippen LogP contribution < -0.4 is 0 Å². The summed E-state index contributed by atoms with van der Waals surface area (Å²) >= 11 is 0. The molecule has 2 aromatic rings. The lowest BCUT2D eigenvalue weighted by molar-refractivity contribution is 0.0613. The number of hydrogen-bond acceptors (Lipinski definition) is 7. The molecule has 1 unspecified atom stereocenters. The maximum atomic E-state index is 6.18. The van der Waals surface area contributed by atoms with Gasteiger partial charge in [0.05, 0.1) is 14.9 Å². The third-order valence-electron chi connectivity index (χ3n) is 3.53. The molecule has 23 heavy (non-hydrogen) atoms. The third-order valence-corrected chi connectivity index (χ3v) is 13.5. The second kappa shape index (κ2) is 9.62. The average Bonchev–Trinajstić information content (AvgIpc) is 2.56. The van der Waals surface area contributed by atoms with Gasteiger partial charge in [0, 0.05) is 19.8 Å². The highest BCUT2D eigenvalue weighted by Crippen LogP contribution is 2.41. The molecule has 1 heterocycles. The van der Waals surface area contributed by atoms with Gasteiger partial charge >= 0.3 is 8.80 Å². The first kappa shape index (κ1) is 19.5. The monoisotopic (exact) mass is 408 g/mol. The van der Waals surface area contributed by atoms with Gasteiger partial charge in [0.1, 0.15) is 0 Å². The van der Waals surface area contributed by atoms with Gasteiger partial charge in [0.15, 0.2) is 0 Å². The number of hydrogen-bond donors (Lipinski definition) is 0. The fourth-order valence-corrected chi connectivity index (χ4v) is 12.4. The lowest BCUT2D eigenvalue weighted by Crippen LogP contribution is -2.52. The zero-order valence-corrected chi connectivity index (χ0v) is 18.3. The van der Waals surface area contributed by atoms with Crippen LogP contribution in [0.5, 0.6) is 0 Å². The molecule has 1 aromatic heterocycles. The highest BCUT2D eigenvalue weighted by Gasteiger charge is 2.49. The molecule has 0 saturated heterocycles. The Morgan fingerprint density at radius 3 is 2.09 bits per heavy atom.